The Balaban J connectivity index is 1.52. The number of amides is 1. The topological polar surface area (TPSA) is 41.6 Å². The van der Waals surface area contributed by atoms with Gasteiger partial charge in [-0.1, -0.05) is 0 Å². The van der Waals surface area contributed by atoms with E-state index in [1.807, 2.05) is 24.3 Å². The molecule has 4 heteroatoms. The molecule has 2 aliphatic rings. The van der Waals surface area contributed by atoms with Crippen molar-refractivity contribution in [1.29, 1.82) is 0 Å². The third kappa shape index (κ3) is 4.01. The minimum atomic E-state index is 0.105. The van der Waals surface area contributed by atoms with E-state index in [0.29, 0.717) is 6.10 Å². The number of benzene rings is 1. The molecule has 1 atom stereocenters. The summed E-state index contributed by atoms with van der Waals surface area (Å²) in [5.41, 5.74) is 0.858. The van der Waals surface area contributed by atoms with Gasteiger partial charge < -0.3 is 15.0 Å². The van der Waals surface area contributed by atoms with Crippen LogP contribution in [0.2, 0.25) is 0 Å². The third-order valence-electron chi connectivity index (χ3n) is 4.72. The van der Waals surface area contributed by atoms with E-state index in [1.165, 1.54) is 12.8 Å². The van der Waals surface area contributed by atoms with Crippen LogP contribution in [0, 0.1) is 5.92 Å². The number of hydrogen-bond acceptors (Lipinski definition) is 3. The van der Waals surface area contributed by atoms with E-state index in [2.05, 4.69) is 17.3 Å². The molecule has 1 aliphatic heterocycles. The van der Waals surface area contributed by atoms with Crippen LogP contribution in [-0.2, 0) is 4.79 Å². The average molecular weight is 302 g/mol. The summed E-state index contributed by atoms with van der Waals surface area (Å²) in [6, 6.07) is 7.80. The van der Waals surface area contributed by atoms with Gasteiger partial charge in [-0.05, 0) is 76.4 Å². The second-order valence-electron chi connectivity index (χ2n) is 6.64. The zero-order valence-electron chi connectivity index (χ0n) is 13.4. The van der Waals surface area contributed by atoms with E-state index in [0.717, 1.165) is 50.2 Å². The SMILES string of the molecule is CN1CCC[C@H](C(=O)Nc2ccc(OC3CCCC3)cc2)C1. The van der Waals surface area contributed by atoms with Gasteiger partial charge >= 0.3 is 0 Å². The number of hydrogen-bond donors (Lipinski definition) is 1. The molecule has 1 heterocycles. The molecular weight excluding hydrogens is 276 g/mol. The molecule has 1 aliphatic carbocycles. The Morgan fingerprint density at radius 3 is 2.55 bits per heavy atom. The molecule has 0 bridgehead atoms. The van der Waals surface area contributed by atoms with E-state index in [4.69, 9.17) is 4.74 Å². The number of anilines is 1. The highest BCUT2D eigenvalue weighted by molar-refractivity contribution is 5.92. The van der Waals surface area contributed by atoms with Crippen LogP contribution in [0.3, 0.4) is 0 Å². The minimum absolute atomic E-state index is 0.105. The molecule has 1 saturated carbocycles. The van der Waals surface area contributed by atoms with E-state index < -0.39 is 0 Å². The quantitative estimate of drug-likeness (QED) is 0.928. The van der Waals surface area contributed by atoms with Crippen LogP contribution in [0.25, 0.3) is 0 Å². The van der Waals surface area contributed by atoms with E-state index in [9.17, 15) is 4.79 Å². The number of likely N-dealkylation sites (tertiary alicyclic amines) is 1. The molecule has 1 N–H and O–H groups in total. The highest BCUT2D eigenvalue weighted by atomic mass is 16.5. The summed E-state index contributed by atoms with van der Waals surface area (Å²) in [5, 5.41) is 3.03. The number of rotatable bonds is 4. The van der Waals surface area contributed by atoms with Crippen LogP contribution in [-0.4, -0.2) is 37.0 Å². The van der Waals surface area contributed by atoms with E-state index >= 15 is 0 Å². The lowest BCUT2D eigenvalue weighted by molar-refractivity contribution is -0.121. The molecular formula is C18H26N2O2. The zero-order chi connectivity index (χ0) is 15.4. The maximum Gasteiger partial charge on any atom is 0.228 e. The molecule has 0 radical (unpaired) electrons. The van der Waals surface area contributed by atoms with Crippen LogP contribution in [0.1, 0.15) is 38.5 Å². The van der Waals surface area contributed by atoms with Crippen molar-refractivity contribution in [3.05, 3.63) is 24.3 Å². The van der Waals surface area contributed by atoms with Gasteiger partial charge in [-0.15, -0.1) is 0 Å². The molecule has 1 aromatic carbocycles. The van der Waals surface area contributed by atoms with Gasteiger partial charge in [0.2, 0.25) is 5.91 Å². The van der Waals surface area contributed by atoms with Gasteiger partial charge in [0, 0.05) is 12.2 Å². The first kappa shape index (κ1) is 15.3. The monoisotopic (exact) mass is 302 g/mol. The van der Waals surface area contributed by atoms with Gasteiger partial charge in [0.05, 0.1) is 12.0 Å². The summed E-state index contributed by atoms with van der Waals surface area (Å²) in [6.07, 6.45) is 7.32. The lowest BCUT2D eigenvalue weighted by Crippen LogP contribution is -2.38. The second-order valence-corrected chi connectivity index (χ2v) is 6.64. The first-order chi connectivity index (χ1) is 10.7. The Bertz CT molecular complexity index is 494. The van der Waals surface area contributed by atoms with Gasteiger partial charge in [-0.25, -0.2) is 0 Å². The molecule has 0 unspecified atom stereocenters. The molecule has 1 saturated heterocycles. The van der Waals surface area contributed by atoms with Crippen LogP contribution < -0.4 is 10.1 Å². The fourth-order valence-corrected chi connectivity index (χ4v) is 3.44. The zero-order valence-corrected chi connectivity index (χ0v) is 13.4. The summed E-state index contributed by atoms with van der Waals surface area (Å²) in [5.74, 6) is 1.14. The first-order valence-corrected chi connectivity index (χ1v) is 8.47. The number of piperidine rings is 1. The Labute approximate surface area is 132 Å². The standard InChI is InChI=1S/C18H26N2O2/c1-20-12-4-5-14(13-20)18(21)19-15-8-10-17(11-9-15)22-16-6-2-3-7-16/h8-11,14,16H,2-7,12-13H2,1H3,(H,19,21)/t14-/m0/s1. The van der Waals surface area contributed by atoms with Crippen LogP contribution >= 0.6 is 0 Å². The van der Waals surface area contributed by atoms with Gasteiger partial charge in [0.1, 0.15) is 5.75 Å². The number of ether oxygens (including phenoxy) is 1. The molecule has 4 nitrogen and oxygen atoms in total. The predicted molar refractivity (Wildman–Crippen MR) is 88.2 cm³/mol. The van der Waals surface area contributed by atoms with Crippen LogP contribution in [0.5, 0.6) is 5.75 Å². The Morgan fingerprint density at radius 2 is 1.86 bits per heavy atom. The molecule has 0 spiro atoms. The van der Waals surface area contributed by atoms with Gasteiger partial charge in [-0.3, -0.25) is 4.79 Å². The molecule has 1 amide bonds. The van der Waals surface area contributed by atoms with Crippen molar-refractivity contribution >= 4 is 11.6 Å². The molecule has 3 rings (SSSR count). The smallest absolute Gasteiger partial charge is 0.228 e. The van der Waals surface area contributed by atoms with Crippen molar-refractivity contribution in [3.63, 3.8) is 0 Å². The predicted octanol–water partition coefficient (Wildman–Crippen LogP) is 3.29. The molecule has 1 aromatic rings. The van der Waals surface area contributed by atoms with Gasteiger partial charge in [0.15, 0.2) is 0 Å². The summed E-state index contributed by atoms with van der Waals surface area (Å²) in [7, 11) is 2.08. The van der Waals surface area contributed by atoms with Crippen molar-refractivity contribution in [2.24, 2.45) is 5.92 Å². The van der Waals surface area contributed by atoms with Crippen molar-refractivity contribution < 1.29 is 9.53 Å². The normalized spacial score (nSPS) is 23.4. The maximum atomic E-state index is 12.3. The minimum Gasteiger partial charge on any atom is -0.490 e. The van der Waals surface area contributed by atoms with Crippen molar-refractivity contribution in [3.8, 4) is 5.75 Å². The van der Waals surface area contributed by atoms with Crippen molar-refractivity contribution in [2.75, 3.05) is 25.5 Å². The summed E-state index contributed by atoms with van der Waals surface area (Å²) < 4.78 is 5.95. The fraction of sp³-hybridized carbons (Fsp3) is 0.611. The number of nitrogens with one attached hydrogen (secondary N) is 1. The summed E-state index contributed by atoms with van der Waals surface area (Å²) in [6.45, 7) is 1.95. The molecule has 22 heavy (non-hydrogen) atoms. The number of carbonyl (C=O) groups is 1. The highest BCUT2D eigenvalue weighted by Gasteiger charge is 2.24. The first-order valence-electron chi connectivity index (χ1n) is 8.47. The Morgan fingerprint density at radius 1 is 1.14 bits per heavy atom. The lowest BCUT2D eigenvalue weighted by Gasteiger charge is -2.28. The summed E-state index contributed by atoms with van der Waals surface area (Å²) >= 11 is 0. The van der Waals surface area contributed by atoms with Crippen molar-refractivity contribution in [2.45, 2.75) is 44.6 Å². The molecule has 0 aromatic heterocycles. The average Bonchev–Trinajstić information content (AvgIpc) is 3.02. The fourth-order valence-electron chi connectivity index (χ4n) is 3.44. The van der Waals surface area contributed by atoms with Crippen LogP contribution in [0.15, 0.2) is 24.3 Å². The Hall–Kier alpha value is -1.55. The molecule has 2 fully saturated rings. The van der Waals surface area contributed by atoms with Gasteiger partial charge in [-0.2, -0.15) is 0 Å². The Kier molecular flexibility index (Phi) is 4.98. The highest BCUT2D eigenvalue weighted by Crippen LogP contribution is 2.25. The second kappa shape index (κ2) is 7.14. The van der Waals surface area contributed by atoms with Gasteiger partial charge in [0.25, 0.3) is 0 Å². The third-order valence-corrected chi connectivity index (χ3v) is 4.72. The lowest BCUT2D eigenvalue weighted by atomic mass is 9.97. The van der Waals surface area contributed by atoms with Crippen molar-refractivity contribution in [1.82, 2.24) is 4.90 Å². The van der Waals surface area contributed by atoms with E-state index in [-0.39, 0.29) is 11.8 Å². The van der Waals surface area contributed by atoms with Crippen LogP contribution in [0.4, 0.5) is 5.69 Å². The largest absolute Gasteiger partial charge is 0.490 e. The maximum absolute atomic E-state index is 12.3. The molecule has 120 valence electrons. The van der Waals surface area contributed by atoms with E-state index in [1.54, 1.807) is 0 Å². The number of nitrogens with zero attached hydrogens (tertiary/aromatic N) is 1. The summed E-state index contributed by atoms with van der Waals surface area (Å²) in [4.78, 5) is 14.5. The number of carbonyl (C=O) groups excluding carboxylic acids is 1.